The molecule has 14 heavy (non-hydrogen) atoms. The largest absolute Gasteiger partial charge is 0.235 e. The molecule has 0 saturated carbocycles. The van der Waals surface area contributed by atoms with Gasteiger partial charge < -0.3 is 0 Å². The molecule has 0 spiro atoms. The number of nitrogens with zero attached hydrogens (tertiary/aromatic N) is 1. The molecule has 1 atom stereocenters. The number of hydrogen-bond donors (Lipinski definition) is 0. The highest BCUT2D eigenvalue weighted by Crippen LogP contribution is 2.20. The Morgan fingerprint density at radius 2 is 2.00 bits per heavy atom. The Morgan fingerprint density at radius 3 is 2.50 bits per heavy atom. The van der Waals surface area contributed by atoms with Crippen LogP contribution in [-0.2, 0) is 11.2 Å². The molecule has 0 radical (unpaired) electrons. The monoisotopic (exact) mass is 189 g/mol. The average molecular weight is 189 g/mol. The van der Waals surface area contributed by atoms with Crippen LogP contribution >= 0.6 is 0 Å². The Labute approximate surface area is 84.7 Å². The number of benzene rings is 1. The Bertz CT molecular complexity index is 327. The van der Waals surface area contributed by atoms with Gasteiger partial charge >= 0.3 is 0 Å². The third kappa shape index (κ3) is 2.82. The lowest BCUT2D eigenvalue weighted by Crippen LogP contribution is -2.23. The predicted molar refractivity (Wildman–Crippen MR) is 57.0 cm³/mol. The van der Waals surface area contributed by atoms with Gasteiger partial charge in [0.05, 0.1) is 5.54 Å². The van der Waals surface area contributed by atoms with Crippen molar-refractivity contribution in [2.75, 3.05) is 0 Å². The van der Waals surface area contributed by atoms with Gasteiger partial charge in [-0.25, -0.2) is 4.79 Å². The van der Waals surface area contributed by atoms with Crippen LogP contribution in [-0.4, -0.2) is 11.6 Å². The average Bonchev–Trinajstić information content (AvgIpc) is 2.20. The summed E-state index contributed by atoms with van der Waals surface area (Å²) in [5.41, 5.74) is 0.902. The Balaban J connectivity index is 2.80. The molecule has 0 bridgehead atoms. The molecule has 1 aromatic rings. The smallest absolute Gasteiger partial charge is 0.211 e. The fourth-order valence-electron chi connectivity index (χ4n) is 1.39. The van der Waals surface area contributed by atoms with E-state index in [-0.39, 0.29) is 5.54 Å². The molecule has 2 heteroatoms. The summed E-state index contributed by atoms with van der Waals surface area (Å²) in [6.07, 6.45) is 3.29. The summed E-state index contributed by atoms with van der Waals surface area (Å²) in [5, 5.41) is 0. The van der Waals surface area contributed by atoms with Gasteiger partial charge in [0.2, 0.25) is 6.08 Å². The van der Waals surface area contributed by atoms with E-state index in [9.17, 15) is 4.79 Å². The Kier molecular flexibility index (Phi) is 3.61. The first kappa shape index (κ1) is 10.7. The van der Waals surface area contributed by atoms with Gasteiger partial charge in [-0.15, -0.1) is 0 Å². The van der Waals surface area contributed by atoms with Crippen molar-refractivity contribution in [2.24, 2.45) is 4.99 Å². The molecular formula is C12H15NO. The minimum Gasteiger partial charge on any atom is -0.211 e. The molecule has 0 aromatic heterocycles. The van der Waals surface area contributed by atoms with Crippen molar-refractivity contribution in [3.63, 3.8) is 0 Å². The first-order chi connectivity index (χ1) is 6.70. The molecule has 0 aliphatic heterocycles. The fraction of sp³-hybridized carbons (Fsp3) is 0.417. The Hall–Kier alpha value is -1.40. The van der Waals surface area contributed by atoms with E-state index in [1.54, 1.807) is 6.08 Å². The fourth-order valence-corrected chi connectivity index (χ4v) is 1.39. The van der Waals surface area contributed by atoms with Crippen LogP contribution in [0.3, 0.4) is 0 Å². The zero-order valence-electron chi connectivity index (χ0n) is 8.66. The molecule has 74 valence electrons. The SMILES string of the molecule is CC[C@@](C)(Cc1ccccc1)N=C=O. The Morgan fingerprint density at radius 1 is 1.36 bits per heavy atom. The summed E-state index contributed by atoms with van der Waals surface area (Å²) in [7, 11) is 0. The van der Waals surface area contributed by atoms with Gasteiger partial charge in [0.25, 0.3) is 0 Å². The maximum atomic E-state index is 10.3. The van der Waals surface area contributed by atoms with Crippen LogP contribution < -0.4 is 0 Å². The first-order valence-corrected chi connectivity index (χ1v) is 4.83. The van der Waals surface area contributed by atoms with Gasteiger partial charge in [-0.2, -0.15) is 4.99 Å². The second-order valence-electron chi connectivity index (χ2n) is 3.72. The van der Waals surface area contributed by atoms with E-state index in [2.05, 4.69) is 4.99 Å². The second kappa shape index (κ2) is 4.73. The van der Waals surface area contributed by atoms with E-state index in [1.165, 1.54) is 5.56 Å². The van der Waals surface area contributed by atoms with Crippen LogP contribution in [0.5, 0.6) is 0 Å². The molecule has 0 saturated heterocycles. The van der Waals surface area contributed by atoms with Crippen LogP contribution in [0.2, 0.25) is 0 Å². The number of hydrogen-bond acceptors (Lipinski definition) is 2. The lowest BCUT2D eigenvalue weighted by molar-refractivity contribution is 0.446. The zero-order chi connectivity index (χ0) is 10.4. The van der Waals surface area contributed by atoms with Crippen molar-refractivity contribution >= 4 is 6.08 Å². The molecule has 0 heterocycles. The number of carbonyl (C=O) groups excluding carboxylic acids is 1. The maximum absolute atomic E-state index is 10.3. The van der Waals surface area contributed by atoms with Crippen LogP contribution in [0.1, 0.15) is 25.8 Å². The predicted octanol–water partition coefficient (Wildman–Crippen LogP) is 2.73. The molecular weight excluding hydrogens is 174 g/mol. The topological polar surface area (TPSA) is 29.4 Å². The van der Waals surface area contributed by atoms with Gasteiger partial charge in [0, 0.05) is 0 Å². The van der Waals surface area contributed by atoms with Gasteiger partial charge in [0.1, 0.15) is 0 Å². The van der Waals surface area contributed by atoms with Crippen LogP contribution in [0.4, 0.5) is 0 Å². The molecule has 1 rings (SSSR count). The highest BCUT2D eigenvalue weighted by Gasteiger charge is 2.21. The summed E-state index contributed by atoms with van der Waals surface area (Å²) in [4.78, 5) is 14.1. The lowest BCUT2D eigenvalue weighted by atomic mass is 9.91. The van der Waals surface area contributed by atoms with Gasteiger partial charge in [-0.3, -0.25) is 0 Å². The summed E-state index contributed by atoms with van der Waals surface area (Å²) in [6, 6.07) is 10.1. The maximum Gasteiger partial charge on any atom is 0.235 e. The summed E-state index contributed by atoms with van der Waals surface area (Å²) in [6.45, 7) is 4.01. The van der Waals surface area contributed by atoms with Crippen molar-refractivity contribution in [3.8, 4) is 0 Å². The standard InChI is InChI=1S/C12H15NO/c1-3-12(2,13-10-14)9-11-7-5-4-6-8-11/h4-8H,3,9H2,1-2H3/t12-/m0/s1. The van der Waals surface area contributed by atoms with Crippen LogP contribution in [0.15, 0.2) is 35.3 Å². The highest BCUT2D eigenvalue weighted by atomic mass is 16.1. The second-order valence-corrected chi connectivity index (χ2v) is 3.72. The van der Waals surface area contributed by atoms with Crippen LogP contribution in [0, 0.1) is 0 Å². The van der Waals surface area contributed by atoms with Gasteiger partial charge in [-0.05, 0) is 25.3 Å². The third-order valence-corrected chi connectivity index (χ3v) is 2.51. The number of isocyanates is 1. The van der Waals surface area contributed by atoms with Gasteiger partial charge in [-0.1, -0.05) is 37.3 Å². The molecule has 0 fully saturated rings. The molecule has 0 amide bonds. The molecule has 2 nitrogen and oxygen atoms in total. The van der Waals surface area contributed by atoms with Gasteiger partial charge in [0.15, 0.2) is 0 Å². The number of aliphatic imine (C=N–C) groups is 1. The lowest BCUT2D eigenvalue weighted by Gasteiger charge is -2.21. The molecule has 0 aliphatic rings. The van der Waals surface area contributed by atoms with E-state index in [4.69, 9.17) is 0 Å². The minimum atomic E-state index is -0.302. The van der Waals surface area contributed by atoms with Crippen molar-refractivity contribution in [3.05, 3.63) is 35.9 Å². The minimum absolute atomic E-state index is 0.302. The molecule has 1 aromatic carbocycles. The van der Waals surface area contributed by atoms with Crippen LogP contribution in [0.25, 0.3) is 0 Å². The van der Waals surface area contributed by atoms with E-state index in [1.807, 2.05) is 44.2 Å². The van der Waals surface area contributed by atoms with Crippen molar-refractivity contribution in [1.29, 1.82) is 0 Å². The molecule has 0 aliphatic carbocycles. The zero-order valence-corrected chi connectivity index (χ0v) is 8.66. The van der Waals surface area contributed by atoms with E-state index < -0.39 is 0 Å². The van der Waals surface area contributed by atoms with E-state index >= 15 is 0 Å². The highest BCUT2D eigenvalue weighted by molar-refractivity contribution is 5.35. The summed E-state index contributed by atoms with van der Waals surface area (Å²) >= 11 is 0. The van der Waals surface area contributed by atoms with Crippen molar-refractivity contribution < 1.29 is 4.79 Å². The summed E-state index contributed by atoms with van der Waals surface area (Å²) < 4.78 is 0. The third-order valence-electron chi connectivity index (χ3n) is 2.51. The normalized spacial score (nSPS) is 14.1. The molecule has 0 unspecified atom stereocenters. The van der Waals surface area contributed by atoms with E-state index in [0.29, 0.717) is 0 Å². The quantitative estimate of drug-likeness (QED) is 0.529. The molecule has 0 N–H and O–H groups in total. The summed E-state index contributed by atoms with van der Waals surface area (Å²) in [5.74, 6) is 0. The first-order valence-electron chi connectivity index (χ1n) is 4.83. The van der Waals surface area contributed by atoms with E-state index in [0.717, 1.165) is 12.8 Å². The van der Waals surface area contributed by atoms with Crippen molar-refractivity contribution in [1.82, 2.24) is 0 Å². The number of rotatable bonds is 4. The van der Waals surface area contributed by atoms with Crippen molar-refractivity contribution in [2.45, 2.75) is 32.2 Å².